The molecular weight excluding hydrogens is 660 g/mol. The SMILES string of the molecule is C=N/N=C(/CC12CCC3C(CCC4C3(C)CCC3C(C)C(OC(=O)CC(C)(C)C=O)CCC34C)C1=C(C(C)C)C(=O)C2)OCc1ccc(Cl)cc1. The van der Waals surface area contributed by atoms with Crippen LogP contribution in [0.5, 0.6) is 0 Å². The van der Waals surface area contributed by atoms with Crippen LogP contribution in [0, 0.1) is 57.2 Å². The van der Waals surface area contributed by atoms with Crippen LogP contribution in [0.1, 0.15) is 125 Å². The summed E-state index contributed by atoms with van der Waals surface area (Å²) in [5, 5.41) is 8.98. The first-order chi connectivity index (χ1) is 24.1. The minimum atomic E-state index is -0.706. The van der Waals surface area contributed by atoms with Crippen LogP contribution in [-0.4, -0.2) is 36.8 Å². The van der Waals surface area contributed by atoms with Gasteiger partial charge in [-0.15, -0.1) is 5.10 Å². The zero-order chi connectivity index (χ0) is 36.9. The second-order valence-corrected chi connectivity index (χ2v) is 18.8. The summed E-state index contributed by atoms with van der Waals surface area (Å²) in [4.78, 5) is 38.4. The van der Waals surface area contributed by atoms with Gasteiger partial charge >= 0.3 is 5.97 Å². The number of Topliss-reactive ketones (excluding diaryl/α,β-unsaturated/α-hetero) is 1. The predicted molar refractivity (Wildman–Crippen MR) is 202 cm³/mol. The van der Waals surface area contributed by atoms with Crippen molar-refractivity contribution in [3.8, 4) is 0 Å². The zero-order valence-corrected chi connectivity index (χ0v) is 32.7. The van der Waals surface area contributed by atoms with Crippen LogP contribution in [0.25, 0.3) is 0 Å². The van der Waals surface area contributed by atoms with Gasteiger partial charge in [0.05, 0.1) is 6.42 Å². The van der Waals surface area contributed by atoms with Gasteiger partial charge < -0.3 is 14.3 Å². The number of rotatable bonds is 10. The maximum absolute atomic E-state index is 14.0. The smallest absolute Gasteiger partial charge is 0.307 e. The van der Waals surface area contributed by atoms with Gasteiger partial charge in [0.1, 0.15) is 19.0 Å². The molecule has 0 radical (unpaired) electrons. The third-order valence-corrected chi connectivity index (χ3v) is 14.7. The number of ether oxygens (including phenoxy) is 2. The Morgan fingerprint density at radius 3 is 2.37 bits per heavy atom. The lowest BCUT2D eigenvalue weighted by atomic mass is 9.38. The zero-order valence-electron chi connectivity index (χ0n) is 31.9. The van der Waals surface area contributed by atoms with Crippen molar-refractivity contribution in [2.75, 3.05) is 0 Å². The van der Waals surface area contributed by atoms with E-state index in [1.54, 1.807) is 13.8 Å². The molecule has 1 aromatic carbocycles. The lowest BCUT2D eigenvalue weighted by molar-refractivity contribution is -0.191. The molecule has 0 bridgehead atoms. The molecule has 0 spiro atoms. The quantitative estimate of drug-likeness (QED) is 0.0789. The third kappa shape index (κ3) is 6.90. The van der Waals surface area contributed by atoms with Gasteiger partial charge in [-0.1, -0.05) is 77.8 Å². The summed E-state index contributed by atoms with van der Waals surface area (Å²) in [5.74, 6) is 2.98. The molecule has 5 aliphatic carbocycles. The summed E-state index contributed by atoms with van der Waals surface area (Å²) in [5.41, 5.74) is 2.79. The van der Waals surface area contributed by atoms with Crippen LogP contribution in [0.4, 0.5) is 0 Å². The maximum atomic E-state index is 14.0. The van der Waals surface area contributed by atoms with Gasteiger partial charge in [0.15, 0.2) is 5.78 Å². The molecular formula is C43H59ClN2O5. The number of hydrogen-bond donors (Lipinski definition) is 0. The standard InChI is InChI=1S/C43H59ClN2O5/c1-26(2)38-33(48)21-43(22-36(46-45-8)50-24-28-9-11-29(44)12-10-28)20-16-32-30(39(38)43)13-14-35-41(6)19-17-34(51-37(49)23-40(4,5)25-47)27(3)31(41)15-18-42(32,35)7/h9-12,25-27,30-32,34-35H,8,13-24H2,1-7H3/b46-36-. The molecule has 0 heterocycles. The summed E-state index contributed by atoms with van der Waals surface area (Å²) >= 11 is 6.12. The number of carbonyl (C=O) groups is 3. The average Bonchev–Trinajstić information content (AvgIpc) is 3.37. The number of halogens is 1. The Morgan fingerprint density at radius 2 is 1.71 bits per heavy atom. The summed E-state index contributed by atoms with van der Waals surface area (Å²) in [6.07, 6.45) is 10.4. The summed E-state index contributed by atoms with van der Waals surface area (Å²) in [6, 6.07) is 7.63. The number of hydrogen-bond acceptors (Lipinski definition) is 7. The average molecular weight is 719 g/mol. The Morgan fingerprint density at radius 1 is 1.04 bits per heavy atom. The number of nitrogens with zero attached hydrogens (tertiary/aromatic N) is 2. The van der Waals surface area contributed by atoms with Crippen molar-refractivity contribution < 1.29 is 23.9 Å². The number of benzene rings is 1. The van der Waals surface area contributed by atoms with Crippen molar-refractivity contribution in [1.82, 2.24) is 0 Å². The number of esters is 1. The molecule has 5 aliphatic rings. The van der Waals surface area contributed by atoms with E-state index in [1.807, 2.05) is 24.3 Å². The second-order valence-electron chi connectivity index (χ2n) is 18.3. The van der Waals surface area contributed by atoms with E-state index in [1.165, 1.54) is 5.57 Å². The van der Waals surface area contributed by atoms with E-state index in [9.17, 15) is 14.4 Å². The first-order valence-electron chi connectivity index (χ1n) is 19.4. The number of carbonyl (C=O) groups excluding carboxylic acids is 3. The molecule has 1 aromatic rings. The molecule has 0 saturated heterocycles. The van der Waals surface area contributed by atoms with Crippen molar-refractivity contribution >= 4 is 42.3 Å². The van der Waals surface area contributed by atoms with Crippen molar-refractivity contribution in [2.24, 2.45) is 67.4 Å². The number of allylic oxidation sites excluding steroid dienone is 2. The van der Waals surface area contributed by atoms with Crippen LogP contribution in [0.3, 0.4) is 0 Å². The first-order valence-corrected chi connectivity index (χ1v) is 19.8. The predicted octanol–water partition coefficient (Wildman–Crippen LogP) is 9.99. The number of ketones is 1. The molecule has 51 heavy (non-hydrogen) atoms. The van der Waals surface area contributed by atoms with E-state index < -0.39 is 5.41 Å². The van der Waals surface area contributed by atoms with E-state index in [4.69, 9.17) is 21.1 Å². The summed E-state index contributed by atoms with van der Waals surface area (Å²) in [7, 11) is 0. The van der Waals surface area contributed by atoms with Gasteiger partial charge in [0.2, 0.25) is 5.90 Å². The summed E-state index contributed by atoms with van der Waals surface area (Å²) in [6.45, 7) is 19.4. The molecule has 0 amide bonds. The Bertz CT molecular complexity index is 1600. The molecule has 0 aliphatic heterocycles. The van der Waals surface area contributed by atoms with Gasteiger partial charge in [0.25, 0.3) is 0 Å². The van der Waals surface area contributed by atoms with Crippen molar-refractivity contribution in [1.29, 1.82) is 0 Å². The molecule has 8 heteroatoms. The molecule has 4 fully saturated rings. The first kappa shape index (κ1) is 37.9. The topological polar surface area (TPSA) is 94.4 Å². The van der Waals surface area contributed by atoms with Gasteiger partial charge in [-0.05, 0) is 121 Å². The van der Waals surface area contributed by atoms with Crippen LogP contribution >= 0.6 is 11.6 Å². The summed E-state index contributed by atoms with van der Waals surface area (Å²) < 4.78 is 12.4. The van der Waals surface area contributed by atoms with Gasteiger partial charge in [-0.25, -0.2) is 0 Å². The van der Waals surface area contributed by atoms with Crippen molar-refractivity contribution in [3.63, 3.8) is 0 Å². The van der Waals surface area contributed by atoms with Crippen LogP contribution < -0.4 is 0 Å². The minimum absolute atomic E-state index is 0.0971. The lowest BCUT2D eigenvalue weighted by Crippen LogP contribution is -2.60. The van der Waals surface area contributed by atoms with E-state index in [-0.39, 0.29) is 46.6 Å². The highest BCUT2D eigenvalue weighted by atomic mass is 35.5. The fourth-order valence-corrected chi connectivity index (χ4v) is 12.4. The van der Waals surface area contributed by atoms with E-state index in [2.05, 4.69) is 51.5 Å². The highest BCUT2D eigenvalue weighted by Gasteiger charge is 2.65. The molecule has 6 rings (SSSR count). The van der Waals surface area contributed by atoms with Gasteiger partial charge in [0, 0.05) is 35.4 Å². The largest absolute Gasteiger partial charge is 0.475 e. The third-order valence-electron chi connectivity index (χ3n) is 14.5. The van der Waals surface area contributed by atoms with Crippen molar-refractivity contribution in [3.05, 3.63) is 46.0 Å². The number of fused-ring (bicyclic) bond motifs is 7. The molecule has 0 aromatic heterocycles. The van der Waals surface area contributed by atoms with E-state index in [0.29, 0.717) is 59.8 Å². The highest BCUT2D eigenvalue weighted by Crippen LogP contribution is 2.72. The van der Waals surface area contributed by atoms with E-state index in [0.717, 1.165) is 68.8 Å². The lowest BCUT2D eigenvalue weighted by Gasteiger charge is -2.67. The molecule has 9 atom stereocenters. The fourth-order valence-electron chi connectivity index (χ4n) is 12.2. The molecule has 0 N–H and O–H groups in total. The van der Waals surface area contributed by atoms with Crippen molar-refractivity contribution in [2.45, 2.75) is 132 Å². The fraction of sp³-hybridized carbons (Fsp3) is 0.698. The second kappa shape index (κ2) is 14.2. The monoisotopic (exact) mass is 718 g/mol. The highest BCUT2D eigenvalue weighted by molar-refractivity contribution is 6.30. The minimum Gasteiger partial charge on any atom is -0.475 e. The van der Waals surface area contributed by atoms with E-state index >= 15 is 0 Å². The van der Waals surface area contributed by atoms with Crippen LogP contribution in [0.15, 0.2) is 45.6 Å². The Labute approximate surface area is 310 Å². The van der Waals surface area contributed by atoms with Crippen LogP contribution in [-0.2, 0) is 30.5 Å². The Kier molecular flexibility index (Phi) is 10.6. The maximum Gasteiger partial charge on any atom is 0.307 e. The Hall–Kier alpha value is -2.80. The van der Waals surface area contributed by atoms with Gasteiger partial charge in [-0.3, -0.25) is 9.59 Å². The van der Waals surface area contributed by atoms with Gasteiger partial charge in [-0.2, -0.15) is 5.10 Å². The molecule has 278 valence electrons. The molecule has 9 unspecified atom stereocenters. The normalized spacial score (nSPS) is 36.5. The molecule has 7 nitrogen and oxygen atoms in total. The Balaban J connectivity index is 1.24. The number of aldehydes is 1. The van der Waals surface area contributed by atoms with Crippen LogP contribution in [0.2, 0.25) is 5.02 Å². The molecule has 4 saturated carbocycles.